The first-order valence-electron chi connectivity index (χ1n) is 10.1. The number of benzene rings is 1. The Kier molecular flexibility index (Phi) is 7.69. The first kappa shape index (κ1) is 20.9. The van der Waals surface area contributed by atoms with E-state index < -0.39 is 0 Å². The Hall–Kier alpha value is -2.80. The molecule has 0 bridgehead atoms. The van der Waals surface area contributed by atoms with Crippen molar-refractivity contribution in [2.75, 3.05) is 45.3 Å². The second-order valence-electron chi connectivity index (χ2n) is 7.07. The molecule has 1 aliphatic rings. The topological polar surface area (TPSA) is 71.0 Å². The van der Waals surface area contributed by atoms with Crippen LogP contribution >= 0.6 is 0 Å². The highest BCUT2D eigenvalue weighted by Gasteiger charge is 2.17. The molecule has 29 heavy (non-hydrogen) atoms. The fourth-order valence-corrected chi connectivity index (χ4v) is 3.37. The number of aromatic nitrogens is 1. The maximum atomic E-state index is 5.60. The minimum atomic E-state index is 0.247. The van der Waals surface area contributed by atoms with Crippen LogP contribution in [0.1, 0.15) is 18.1 Å². The molecule has 0 saturated carbocycles. The average molecular weight is 398 g/mol. The SMILES string of the molecule is CN=C(NCCc1ccccc1OC)NCc1ccc(N2CCOC(C)C2)nc1. The van der Waals surface area contributed by atoms with E-state index in [1.807, 2.05) is 24.4 Å². The standard InChI is InChI=1S/C22H31N5O2/c1-17-16-27(12-13-29-17)21-9-8-18(14-25-21)15-26-22(23-2)24-11-10-19-6-4-5-7-20(19)28-3/h4-9,14,17H,10-13,15-16H2,1-3H3,(H2,23,24,26). The van der Waals surface area contributed by atoms with Gasteiger partial charge in [0.15, 0.2) is 5.96 Å². The molecule has 1 atom stereocenters. The number of rotatable bonds is 7. The molecule has 7 nitrogen and oxygen atoms in total. The van der Waals surface area contributed by atoms with Gasteiger partial charge in [-0.05, 0) is 36.6 Å². The van der Waals surface area contributed by atoms with Crippen LogP contribution in [0.5, 0.6) is 5.75 Å². The van der Waals surface area contributed by atoms with Crippen molar-refractivity contribution in [3.8, 4) is 5.75 Å². The molecular weight excluding hydrogens is 366 g/mol. The van der Waals surface area contributed by atoms with Crippen molar-refractivity contribution in [3.05, 3.63) is 53.7 Å². The highest BCUT2D eigenvalue weighted by molar-refractivity contribution is 5.79. The predicted molar refractivity (Wildman–Crippen MR) is 117 cm³/mol. The lowest BCUT2D eigenvalue weighted by Crippen LogP contribution is -2.41. The smallest absolute Gasteiger partial charge is 0.191 e. The van der Waals surface area contributed by atoms with E-state index in [1.54, 1.807) is 14.2 Å². The van der Waals surface area contributed by atoms with Crippen LogP contribution in [0.25, 0.3) is 0 Å². The van der Waals surface area contributed by atoms with Gasteiger partial charge in [-0.1, -0.05) is 24.3 Å². The summed E-state index contributed by atoms with van der Waals surface area (Å²) in [5, 5.41) is 6.69. The zero-order valence-corrected chi connectivity index (χ0v) is 17.5. The van der Waals surface area contributed by atoms with Crippen LogP contribution in [0, 0.1) is 0 Å². The summed E-state index contributed by atoms with van der Waals surface area (Å²) in [4.78, 5) is 11.2. The maximum Gasteiger partial charge on any atom is 0.191 e. The molecule has 0 amide bonds. The fraction of sp³-hybridized carbons (Fsp3) is 0.455. The Bertz CT molecular complexity index is 794. The Labute approximate surface area is 173 Å². The second-order valence-corrected chi connectivity index (χ2v) is 7.07. The van der Waals surface area contributed by atoms with Crippen LogP contribution in [-0.2, 0) is 17.7 Å². The molecule has 1 saturated heterocycles. The Morgan fingerprint density at radius 3 is 2.86 bits per heavy atom. The quantitative estimate of drug-likeness (QED) is 0.552. The van der Waals surface area contributed by atoms with Crippen LogP contribution in [0.15, 0.2) is 47.6 Å². The molecule has 0 spiro atoms. The second kappa shape index (κ2) is 10.7. The van der Waals surface area contributed by atoms with Crippen LogP contribution < -0.4 is 20.3 Å². The number of methoxy groups -OCH3 is 1. The van der Waals surface area contributed by atoms with Crippen LogP contribution in [-0.4, -0.2) is 57.4 Å². The molecule has 0 aliphatic carbocycles. The maximum absolute atomic E-state index is 5.60. The number of hydrogen-bond donors (Lipinski definition) is 2. The molecule has 1 fully saturated rings. The highest BCUT2D eigenvalue weighted by atomic mass is 16.5. The summed E-state index contributed by atoms with van der Waals surface area (Å²) < 4.78 is 11.0. The van der Waals surface area contributed by atoms with Gasteiger partial charge in [0.05, 0.1) is 19.8 Å². The molecule has 1 aromatic heterocycles. The van der Waals surface area contributed by atoms with Gasteiger partial charge in [0.1, 0.15) is 11.6 Å². The number of guanidine groups is 1. The fourth-order valence-electron chi connectivity index (χ4n) is 3.37. The monoisotopic (exact) mass is 397 g/mol. The zero-order chi connectivity index (χ0) is 20.5. The summed E-state index contributed by atoms with van der Waals surface area (Å²) in [7, 11) is 3.48. The molecule has 1 aliphatic heterocycles. The highest BCUT2D eigenvalue weighted by Crippen LogP contribution is 2.17. The van der Waals surface area contributed by atoms with Gasteiger partial charge in [0.2, 0.25) is 0 Å². The number of nitrogens with one attached hydrogen (secondary N) is 2. The summed E-state index contributed by atoms with van der Waals surface area (Å²) in [6, 6.07) is 12.3. The number of morpholine rings is 1. The van der Waals surface area contributed by atoms with E-state index in [0.29, 0.717) is 6.54 Å². The van der Waals surface area contributed by atoms with Gasteiger partial charge >= 0.3 is 0 Å². The van der Waals surface area contributed by atoms with E-state index in [1.165, 1.54) is 5.56 Å². The third kappa shape index (κ3) is 6.09. The van der Waals surface area contributed by atoms with E-state index in [2.05, 4.69) is 50.6 Å². The number of pyridine rings is 1. The first-order chi connectivity index (χ1) is 14.2. The molecule has 1 unspecified atom stereocenters. The third-order valence-corrected chi connectivity index (χ3v) is 4.94. The molecule has 2 aromatic rings. The van der Waals surface area contributed by atoms with Gasteiger partial charge in [-0.25, -0.2) is 4.98 Å². The minimum Gasteiger partial charge on any atom is -0.496 e. The van der Waals surface area contributed by atoms with E-state index in [0.717, 1.165) is 55.8 Å². The summed E-state index contributed by atoms with van der Waals surface area (Å²) in [6.45, 7) is 6.05. The Morgan fingerprint density at radius 1 is 1.28 bits per heavy atom. The zero-order valence-electron chi connectivity index (χ0n) is 17.5. The predicted octanol–water partition coefficient (Wildman–Crippen LogP) is 2.22. The van der Waals surface area contributed by atoms with E-state index in [-0.39, 0.29) is 6.10 Å². The van der Waals surface area contributed by atoms with Gasteiger partial charge in [-0.15, -0.1) is 0 Å². The number of hydrogen-bond acceptors (Lipinski definition) is 5. The Balaban J connectivity index is 1.45. The number of nitrogens with zero attached hydrogens (tertiary/aromatic N) is 3. The molecular formula is C22H31N5O2. The van der Waals surface area contributed by atoms with Crippen molar-refractivity contribution in [1.82, 2.24) is 15.6 Å². The van der Waals surface area contributed by atoms with Gasteiger partial charge < -0.3 is 25.0 Å². The van der Waals surface area contributed by atoms with Gasteiger partial charge in [-0.2, -0.15) is 0 Å². The number of ether oxygens (including phenoxy) is 2. The number of aliphatic imine (C=N–C) groups is 1. The lowest BCUT2D eigenvalue weighted by molar-refractivity contribution is 0.0529. The van der Waals surface area contributed by atoms with Crippen LogP contribution in [0.2, 0.25) is 0 Å². The van der Waals surface area contributed by atoms with Gasteiger partial charge in [0, 0.05) is 39.4 Å². The van der Waals surface area contributed by atoms with Crippen molar-refractivity contribution < 1.29 is 9.47 Å². The molecule has 0 radical (unpaired) electrons. The lowest BCUT2D eigenvalue weighted by Gasteiger charge is -2.32. The third-order valence-electron chi connectivity index (χ3n) is 4.94. The molecule has 2 N–H and O–H groups in total. The summed E-state index contributed by atoms with van der Waals surface area (Å²) in [5.74, 6) is 2.69. The van der Waals surface area contributed by atoms with Gasteiger partial charge in [-0.3, -0.25) is 4.99 Å². The molecule has 3 rings (SSSR count). The van der Waals surface area contributed by atoms with Crippen LogP contribution in [0.3, 0.4) is 0 Å². The van der Waals surface area contributed by atoms with Crippen molar-refractivity contribution in [3.63, 3.8) is 0 Å². The largest absolute Gasteiger partial charge is 0.496 e. The van der Waals surface area contributed by atoms with Crippen LogP contribution in [0.4, 0.5) is 5.82 Å². The molecule has 156 valence electrons. The van der Waals surface area contributed by atoms with E-state index >= 15 is 0 Å². The summed E-state index contributed by atoms with van der Waals surface area (Å²) in [5.41, 5.74) is 2.29. The molecule has 1 aromatic carbocycles. The van der Waals surface area contributed by atoms with Crippen molar-refractivity contribution in [2.24, 2.45) is 4.99 Å². The Morgan fingerprint density at radius 2 is 2.14 bits per heavy atom. The number of anilines is 1. The normalized spacial score (nSPS) is 17.1. The molecule has 7 heteroatoms. The van der Waals surface area contributed by atoms with E-state index in [4.69, 9.17) is 9.47 Å². The number of para-hydroxylation sites is 1. The van der Waals surface area contributed by atoms with E-state index in [9.17, 15) is 0 Å². The lowest BCUT2D eigenvalue weighted by atomic mass is 10.1. The van der Waals surface area contributed by atoms with Crippen molar-refractivity contribution in [1.29, 1.82) is 0 Å². The first-order valence-corrected chi connectivity index (χ1v) is 10.1. The van der Waals surface area contributed by atoms with Gasteiger partial charge in [0.25, 0.3) is 0 Å². The minimum absolute atomic E-state index is 0.247. The summed E-state index contributed by atoms with van der Waals surface area (Å²) in [6.07, 6.45) is 3.03. The van der Waals surface area contributed by atoms with Crippen molar-refractivity contribution in [2.45, 2.75) is 26.0 Å². The van der Waals surface area contributed by atoms with Crippen molar-refractivity contribution >= 4 is 11.8 Å². The average Bonchev–Trinajstić information content (AvgIpc) is 2.76. The molecule has 2 heterocycles. The summed E-state index contributed by atoms with van der Waals surface area (Å²) >= 11 is 0.